The smallest absolute Gasteiger partial charge is 0.193 e. The van der Waals surface area contributed by atoms with Crippen LogP contribution in [-0.2, 0) is 0 Å². The normalized spacial score (nSPS) is 18.1. The van der Waals surface area contributed by atoms with Gasteiger partial charge in [-0.2, -0.15) is 0 Å². The molecule has 0 aromatic heterocycles. The van der Waals surface area contributed by atoms with Crippen LogP contribution < -0.4 is 0 Å². The van der Waals surface area contributed by atoms with Crippen LogP contribution in [0, 0.1) is 27.7 Å². The van der Waals surface area contributed by atoms with Crippen LogP contribution in [0.2, 0.25) is 0 Å². The van der Waals surface area contributed by atoms with Crippen LogP contribution in [0.15, 0.2) is 24.3 Å². The van der Waals surface area contributed by atoms with Crippen molar-refractivity contribution in [2.45, 2.75) is 90.9 Å². The van der Waals surface area contributed by atoms with Crippen molar-refractivity contribution in [3.63, 3.8) is 0 Å². The lowest BCUT2D eigenvalue weighted by Crippen LogP contribution is -2.11. The van der Waals surface area contributed by atoms with Crippen LogP contribution in [-0.4, -0.2) is 5.78 Å². The van der Waals surface area contributed by atoms with Gasteiger partial charge >= 0.3 is 0 Å². The molecule has 2 fully saturated rings. The van der Waals surface area contributed by atoms with Crippen molar-refractivity contribution in [2.24, 2.45) is 0 Å². The third kappa shape index (κ3) is 3.34. The van der Waals surface area contributed by atoms with E-state index in [4.69, 9.17) is 0 Å². The molecule has 2 aromatic rings. The molecule has 0 radical (unpaired) electrons. The van der Waals surface area contributed by atoms with E-state index in [1.54, 1.807) is 0 Å². The van der Waals surface area contributed by atoms with Crippen LogP contribution in [0.25, 0.3) is 0 Å². The van der Waals surface area contributed by atoms with Gasteiger partial charge in [0, 0.05) is 11.1 Å². The van der Waals surface area contributed by atoms with E-state index in [1.165, 1.54) is 84.7 Å². The Morgan fingerprint density at radius 1 is 0.607 bits per heavy atom. The van der Waals surface area contributed by atoms with E-state index in [0.29, 0.717) is 11.8 Å². The van der Waals surface area contributed by atoms with Crippen LogP contribution in [0.3, 0.4) is 0 Å². The highest BCUT2D eigenvalue weighted by Crippen LogP contribution is 2.39. The van der Waals surface area contributed by atoms with E-state index in [2.05, 4.69) is 52.0 Å². The lowest BCUT2D eigenvalue weighted by Gasteiger charge is -2.20. The maximum Gasteiger partial charge on any atom is 0.193 e. The van der Waals surface area contributed by atoms with E-state index in [0.717, 1.165) is 11.1 Å². The zero-order valence-electron chi connectivity index (χ0n) is 18.0. The second-order valence-electron chi connectivity index (χ2n) is 9.20. The van der Waals surface area contributed by atoms with Gasteiger partial charge in [-0.05, 0) is 98.6 Å². The fraction of sp³-hybridized carbons (Fsp3) is 0.519. The van der Waals surface area contributed by atoms with Gasteiger partial charge in [-0.3, -0.25) is 4.79 Å². The van der Waals surface area contributed by atoms with Crippen molar-refractivity contribution in [1.29, 1.82) is 0 Å². The number of carbonyl (C=O) groups excluding carboxylic acids is 1. The molecule has 0 atom stereocenters. The standard InChI is InChI=1S/C27H34O/c1-17-19(3)25(15-13-23(17)21-9-5-6-10-21)27(28)26-16-14-24(18(2)20(26)4)22-11-7-8-12-22/h13-16,21-22H,5-12H2,1-4H3. The zero-order chi connectivity index (χ0) is 19.8. The molecule has 0 saturated heterocycles. The minimum Gasteiger partial charge on any atom is -0.289 e. The largest absolute Gasteiger partial charge is 0.289 e. The summed E-state index contributed by atoms with van der Waals surface area (Å²) in [6, 6.07) is 8.66. The first-order valence-electron chi connectivity index (χ1n) is 11.2. The van der Waals surface area contributed by atoms with Crippen molar-refractivity contribution < 1.29 is 4.79 Å². The second-order valence-corrected chi connectivity index (χ2v) is 9.20. The van der Waals surface area contributed by atoms with Gasteiger partial charge in [0.25, 0.3) is 0 Å². The summed E-state index contributed by atoms with van der Waals surface area (Å²) < 4.78 is 0. The van der Waals surface area contributed by atoms with Crippen LogP contribution in [0.1, 0.15) is 113 Å². The van der Waals surface area contributed by atoms with E-state index in [9.17, 15) is 4.79 Å². The molecule has 28 heavy (non-hydrogen) atoms. The van der Waals surface area contributed by atoms with Gasteiger partial charge in [0.2, 0.25) is 0 Å². The Bertz CT molecular complexity index is 819. The zero-order valence-corrected chi connectivity index (χ0v) is 18.0. The summed E-state index contributed by atoms with van der Waals surface area (Å²) in [4.78, 5) is 13.5. The first kappa shape index (κ1) is 19.4. The molecule has 0 heterocycles. The molecule has 148 valence electrons. The van der Waals surface area contributed by atoms with Gasteiger partial charge in [-0.25, -0.2) is 0 Å². The molecule has 0 unspecified atom stereocenters. The van der Waals surface area contributed by atoms with Crippen molar-refractivity contribution in [3.8, 4) is 0 Å². The molecular weight excluding hydrogens is 340 g/mol. The summed E-state index contributed by atoms with van der Waals surface area (Å²) in [5.74, 6) is 1.58. The van der Waals surface area contributed by atoms with Crippen molar-refractivity contribution in [2.75, 3.05) is 0 Å². The maximum absolute atomic E-state index is 13.5. The Morgan fingerprint density at radius 2 is 0.964 bits per heavy atom. The SMILES string of the molecule is Cc1c(C(=O)c2ccc(C3CCCC3)c(C)c2C)ccc(C2CCCC2)c1C. The van der Waals surface area contributed by atoms with E-state index >= 15 is 0 Å². The molecule has 4 rings (SSSR count). The summed E-state index contributed by atoms with van der Waals surface area (Å²) in [6.45, 7) is 8.69. The number of hydrogen-bond donors (Lipinski definition) is 0. The number of benzene rings is 2. The Kier molecular flexibility index (Phi) is 5.45. The fourth-order valence-electron chi connectivity index (χ4n) is 5.68. The first-order chi connectivity index (χ1) is 13.5. The third-order valence-corrected chi connectivity index (χ3v) is 7.74. The average molecular weight is 375 g/mol. The van der Waals surface area contributed by atoms with Gasteiger partial charge in [0.05, 0.1) is 0 Å². The molecule has 1 heteroatoms. The van der Waals surface area contributed by atoms with Gasteiger partial charge < -0.3 is 0 Å². The van der Waals surface area contributed by atoms with Gasteiger partial charge in [0.15, 0.2) is 5.78 Å². The molecular formula is C27H34O. The molecule has 0 bridgehead atoms. The van der Waals surface area contributed by atoms with E-state index in [1.807, 2.05) is 0 Å². The fourth-order valence-corrected chi connectivity index (χ4v) is 5.68. The van der Waals surface area contributed by atoms with Gasteiger partial charge in [-0.15, -0.1) is 0 Å². The van der Waals surface area contributed by atoms with E-state index in [-0.39, 0.29) is 5.78 Å². The molecule has 2 saturated carbocycles. The molecule has 0 amide bonds. The van der Waals surface area contributed by atoms with Crippen molar-refractivity contribution >= 4 is 5.78 Å². The minimum atomic E-state index is 0.192. The molecule has 2 aliphatic rings. The summed E-state index contributed by atoms with van der Waals surface area (Å²) >= 11 is 0. The summed E-state index contributed by atoms with van der Waals surface area (Å²) in [5.41, 5.74) is 9.71. The number of rotatable bonds is 4. The highest BCUT2D eigenvalue weighted by atomic mass is 16.1. The van der Waals surface area contributed by atoms with Crippen molar-refractivity contribution in [3.05, 3.63) is 68.8 Å². The maximum atomic E-state index is 13.5. The number of carbonyl (C=O) groups is 1. The Labute approximate surface area is 170 Å². The number of hydrogen-bond acceptors (Lipinski definition) is 1. The van der Waals surface area contributed by atoms with Crippen LogP contribution in [0.4, 0.5) is 0 Å². The van der Waals surface area contributed by atoms with Crippen LogP contribution >= 0.6 is 0 Å². The average Bonchev–Trinajstić information content (AvgIpc) is 3.39. The topological polar surface area (TPSA) is 17.1 Å². The first-order valence-corrected chi connectivity index (χ1v) is 11.2. The highest BCUT2D eigenvalue weighted by molar-refractivity contribution is 6.11. The third-order valence-electron chi connectivity index (χ3n) is 7.74. The molecule has 1 nitrogen and oxygen atoms in total. The van der Waals surface area contributed by atoms with Gasteiger partial charge in [-0.1, -0.05) is 49.9 Å². The Hall–Kier alpha value is -1.89. The van der Waals surface area contributed by atoms with Crippen molar-refractivity contribution in [1.82, 2.24) is 0 Å². The predicted octanol–water partition coefficient (Wildman–Crippen LogP) is 7.47. The molecule has 2 aromatic carbocycles. The molecule has 0 aliphatic heterocycles. The van der Waals surface area contributed by atoms with E-state index < -0.39 is 0 Å². The molecule has 0 spiro atoms. The number of ketones is 1. The van der Waals surface area contributed by atoms with Gasteiger partial charge in [0.1, 0.15) is 0 Å². The Morgan fingerprint density at radius 3 is 1.32 bits per heavy atom. The Balaban J connectivity index is 1.68. The highest BCUT2D eigenvalue weighted by Gasteiger charge is 2.24. The summed E-state index contributed by atoms with van der Waals surface area (Å²) in [5, 5.41) is 0. The van der Waals surface area contributed by atoms with Crippen LogP contribution in [0.5, 0.6) is 0 Å². The summed E-state index contributed by atoms with van der Waals surface area (Å²) in [6.07, 6.45) is 10.6. The minimum absolute atomic E-state index is 0.192. The lowest BCUT2D eigenvalue weighted by atomic mass is 9.84. The monoisotopic (exact) mass is 374 g/mol. The quantitative estimate of drug-likeness (QED) is 0.507. The summed E-state index contributed by atoms with van der Waals surface area (Å²) in [7, 11) is 0. The molecule has 2 aliphatic carbocycles. The predicted molar refractivity (Wildman–Crippen MR) is 118 cm³/mol. The molecule has 0 N–H and O–H groups in total. The lowest BCUT2D eigenvalue weighted by molar-refractivity contribution is 0.103. The second kappa shape index (κ2) is 7.85.